The van der Waals surface area contributed by atoms with Gasteiger partial charge in [0.1, 0.15) is 0 Å². The van der Waals surface area contributed by atoms with E-state index in [4.69, 9.17) is 5.73 Å². The van der Waals surface area contributed by atoms with Gasteiger partial charge in [0.2, 0.25) is 0 Å². The standard InChI is InChI=1S/C16H21N3/c1-12-5-4-6-13(9-12)16-10-18-11-19(16)15-8-3-2-7-14(15)17/h4-6,9-11,14-15H,2-3,7-8,17H2,1H3. The molecular weight excluding hydrogens is 234 g/mol. The molecule has 1 aromatic heterocycles. The van der Waals surface area contributed by atoms with Crippen LogP contribution in [0.3, 0.4) is 0 Å². The quantitative estimate of drug-likeness (QED) is 0.894. The average Bonchev–Trinajstić information content (AvgIpc) is 2.88. The SMILES string of the molecule is Cc1cccc(-c2cncn2C2CCCCC2N)c1. The fourth-order valence-corrected chi connectivity index (χ4v) is 3.08. The van der Waals surface area contributed by atoms with Crippen molar-refractivity contribution in [3.63, 3.8) is 0 Å². The van der Waals surface area contributed by atoms with Gasteiger partial charge in [0.25, 0.3) is 0 Å². The number of nitrogens with zero attached hydrogens (tertiary/aromatic N) is 2. The number of hydrogen-bond donors (Lipinski definition) is 1. The summed E-state index contributed by atoms with van der Waals surface area (Å²) in [5.74, 6) is 0. The van der Waals surface area contributed by atoms with Gasteiger partial charge < -0.3 is 10.3 Å². The Morgan fingerprint density at radius 2 is 2.11 bits per heavy atom. The van der Waals surface area contributed by atoms with Gasteiger partial charge in [-0.2, -0.15) is 0 Å². The number of hydrogen-bond acceptors (Lipinski definition) is 2. The number of nitrogens with two attached hydrogens (primary N) is 1. The Bertz CT molecular complexity index is 559. The lowest BCUT2D eigenvalue weighted by Crippen LogP contribution is -2.35. The fraction of sp³-hybridized carbons (Fsp3) is 0.438. The third-order valence-corrected chi connectivity index (χ3v) is 4.12. The van der Waals surface area contributed by atoms with Gasteiger partial charge in [-0.1, -0.05) is 36.6 Å². The number of benzene rings is 1. The highest BCUT2D eigenvalue weighted by molar-refractivity contribution is 5.60. The molecular formula is C16H21N3. The summed E-state index contributed by atoms with van der Waals surface area (Å²) in [6.07, 6.45) is 8.70. The molecule has 1 aliphatic carbocycles. The highest BCUT2D eigenvalue weighted by atomic mass is 15.1. The molecule has 0 bridgehead atoms. The van der Waals surface area contributed by atoms with Gasteiger partial charge in [0, 0.05) is 11.6 Å². The van der Waals surface area contributed by atoms with Gasteiger partial charge in [-0.05, 0) is 25.8 Å². The first kappa shape index (κ1) is 12.4. The predicted molar refractivity (Wildman–Crippen MR) is 77.9 cm³/mol. The Hall–Kier alpha value is -1.61. The van der Waals surface area contributed by atoms with Gasteiger partial charge >= 0.3 is 0 Å². The van der Waals surface area contributed by atoms with Crippen LogP contribution in [-0.4, -0.2) is 15.6 Å². The lowest BCUT2D eigenvalue weighted by atomic mass is 9.90. The summed E-state index contributed by atoms with van der Waals surface area (Å²) < 4.78 is 2.28. The maximum atomic E-state index is 6.30. The first-order valence-corrected chi connectivity index (χ1v) is 7.10. The summed E-state index contributed by atoms with van der Waals surface area (Å²) in [5, 5.41) is 0. The van der Waals surface area contributed by atoms with Crippen LogP contribution in [0.5, 0.6) is 0 Å². The molecule has 3 rings (SSSR count). The molecule has 0 radical (unpaired) electrons. The number of aromatic nitrogens is 2. The van der Waals surface area contributed by atoms with E-state index >= 15 is 0 Å². The van der Waals surface area contributed by atoms with Crippen molar-refractivity contribution in [1.29, 1.82) is 0 Å². The highest BCUT2D eigenvalue weighted by Crippen LogP contribution is 2.31. The molecule has 1 fully saturated rings. The van der Waals surface area contributed by atoms with Crippen LogP contribution in [0.4, 0.5) is 0 Å². The van der Waals surface area contributed by atoms with E-state index in [1.165, 1.54) is 29.7 Å². The van der Waals surface area contributed by atoms with Crippen molar-refractivity contribution in [3.8, 4) is 11.3 Å². The lowest BCUT2D eigenvalue weighted by molar-refractivity contribution is 0.308. The largest absolute Gasteiger partial charge is 0.326 e. The molecule has 2 unspecified atom stereocenters. The molecule has 1 heterocycles. The molecule has 2 atom stereocenters. The van der Waals surface area contributed by atoms with Crippen LogP contribution < -0.4 is 5.73 Å². The van der Waals surface area contributed by atoms with Crippen LogP contribution in [0.15, 0.2) is 36.8 Å². The molecule has 2 N–H and O–H groups in total. The van der Waals surface area contributed by atoms with E-state index in [0.717, 1.165) is 12.8 Å². The molecule has 3 nitrogen and oxygen atoms in total. The first-order valence-electron chi connectivity index (χ1n) is 7.10. The molecule has 1 saturated carbocycles. The molecule has 1 aromatic carbocycles. The minimum Gasteiger partial charge on any atom is -0.326 e. The smallest absolute Gasteiger partial charge is 0.0954 e. The predicted octanol–water partition coefficient (Wildman–Crippen LogP) is 3.30. The molecule has 19 heavy (non-hydrogen) atoms. The van der Waals surface area contributed by atoms with E-state index in [0.29, 0.717) is 6.04 Å². The summed E-state index contributed by atoms with van der Waals surface area (Å²) in [6, 6.07) is 9.23. The summed E-state index contributed by atoms with van der Waals surface area (Å²) in [6.45, 7) is 2.12. The van der Waals surface area contributed by atoms with Crippen LogP contribution in [-0.2, 0) is 0 Å². The van der Waals surface area contributed by atoms with Gasteiger partial charge in [0.05, 0.1) is 24.3 Å². The highest BCUT2D eigenvalue weighted by Gasteiger charge is 2.25. The normalized spacial score (nSPS) is 23.5. The summed E-state index contributed by atoms with van der Waals surface area (Å²) >= 11 is 0. The zero-order valence-electron chi connectivity index (χ0n) is 11.4. The van der Waals surface area contributed by atoms with E-state index in [1.807, 2.05) is 12.5 Å². The third-order valence-electron chi connectivity index (χ3n) is 4.12. The molecule has 0 saturated heterocycles. The van der Waals surface area contributed by atoms with Gasteiger partial charge in [0.15, 0.2) is 0 Å². The minimum atomic E-state index is 0.256. The Kier molecular flexibility index (Phi) is 3.38. The van der Waals surface area contributed by atoms with Crippen molar-refractivity contribution in [2.45, 2.75) is 44.7 Å². The van der Waals surface area contributed by atoms with Gasteiger partial charge in [-0.25, -0.2) is 4.98 Å². The van der Waals surface area contributed by atoms with Crippen molar-refractivity contribution in [2.75, 3.05) is 0 Å². The van der Waals surface area contributed by atoms with Crippen LogP contribution in [0.25, 0.3) is 11.3 Å². The summed E-state index contributed by atoms with van der Waals surface area (Å²) in [4.78, 5) is 4.35. The average molecular weight is 255 g/mol. The Balaban J connectivity index is 1.98. The van der Waals surface area contributed by atoms with Crippen molar-refractivity contribution in [2.24, 2.45) is 5.73 Å². The van der Waals surface area contributed by atoms with Crippen LogP contribution >= 0.6 is 0 Å². The van der Waals surface area contributed by atoms with Crippen molar-refractivity contribution in [3.05, 3.63) is 42.4 Å². The Labute approximate surface area is 114 Å². The Morgan fingerprint density at radius 3 is 2.89 bits per heavy atom. The number of imidazole rings is 1. The monoisotopic (exact) mass is 255 g/mol. The second-order valence-corrected chi connectivity index (χ2v) is 5.57. The van der Waals surface area contributed by atoms with Gasteiger partial charge in [-0.3, -0.25) is 0 Å². The first-order chi connectivity index (χ1) is 9.25. The zero-order chi connectivity index (χ0) is 13.2. The molecule has 2 aromatic rings. The molecule has 100 valence electrons. The van der Waals surface area contributed by atoms with E-state index in [9.17, 15) is 0 Å². The van der Waals surface area contributed by atoms with Crippen molar-refractivity contribution < 1.29 is 0 Å². The third kappa shape index (κ3) is 2.43. The minimum absolute atomic E-state index is 0.256. The van der Waals surface area contributed by atoms with Crippen LogP contribution in [0.1, 0.15) is 37.3 Å². The van der Waals surface area contributed by atoms with Crippen molar-refractivity contribution >= 4 is 0 Å². The molecule has 0 aliphatic heterocycles. The van der Waals surface area contributed by atoms with E-state index < -0.39 is 0 Å². The molecule has 3 heteroatoms. The molecule has 0 spiro atoms. The second kappa shape index (κ2) is 5.17. The van der Waals surface area contributed by atoms with E-state index in [2.05, 4.69) is 40.7 Å². The molecule has 1 aliphatic rings. The number of rotatable bonds is 2. The van der Waals surface area contributed by atoms with E-state index in [1.54, 1.807) is 0 Å². The maximum Gasteiger partial charge on any atom is 0.0954 e. The maximum absolute atomic E-state index is 6.30. The van der Waals surface area contributed by atoms with Crippen molar-refractivity contribution in [1.82, 2.24) is 9.55 Å². The van der Waals surface area contributed by atoms with Crippen LogP contribution in [0, 0.1) is 6.92 Å². The zero-order valence-corrected chi connectivity index (χ0v) is 11.4. The molecule has 0 amide bonds. The van der Waals surface area contributed by atoms with Gasteiger partial charge in [-0.15, -0.1) is 0 Å². The van der Waals surface area contributed by atoms with E-state index in [-0.39, 0.29) is 6.04 Å². The Morgan fingerprint density at radius 1 is 1.26 bits per heavy atom. The fourth-order valence-electron chi connectivity index (χ4n) is 3.08. The summed E-state index contributed by atoms with van der Waals surface area (Å²) in [5.41, 5.74) is 9.99. The lowest BCUT2D eigenvalue weighted by Gasteiger charge is -2.31. The topological polar surface area (TPSA) is 43.8 Å². The van der Waals surface area contributed by atoms with Crippen LogP contribution in [0.2, 0.25) is 0 Å². The number of aryl methyl sites for hydroxylation is 1. The second-order valence-electron chi connectivity index (χ2n) is 5.57. The summed E-state index contributed by atoms with van der Waals surface area (Å²) in [7, 11) is 0.